The Morgan fingerprint density at radius 3 is 1.93 bits per heavy atom. The molecule has 0 rings (SSSR count). The Kier molecular flexibility index (Phi) is 5.81. The monoisotopic (exact) mass is 227 g/mol. The SMILES string of the molecule is CCNC(O)(O)P(=O)(OCC)OCC. The summed E-state index contributed by atoms with van der Waals surface area (Å²) in [5.41, 5.74) is -2.63. The van der Waals surface area contributed by atoms with Gasteiger partial charge in [0, 0.05) is 0 Å². The fraction of sp³-hybridized carbons (Fsp3) is 1.00. The van der Waals surface area contributed by atoms with Crippen molar-refractivity contribution in [3.05, 3.63) is 0 Å². The fourth-order valence-electron chi connectivity index (χ4n) is 0.891. The molecule has 6 nitrogen and oxygen atoms in total. The van der Waals surface area contributed by atoms with Crippen LogP contribution in [0.5, 0.6) is 0 Å². The largest absolute Gasteiger partial charge is 0.405 e. The molecular formula is C7H18NO5P. The van der Waals surface area contributed by atoms with Gasteiger partial charge < -0.3 is 19.3 Å². The van der Waals surface area contributed by atoms with Crippen LogP contribution in [0.3, 0.4) is 0 Å². The number of hydrogen-bond donors (Lipinski definition) is 3. The molecule has 0 aromatic carbocycles. The Labute approximate surface area is 83.8 Å². The van der Waals surface area contributed by atoms with Gasteiger partial charge in [-0.1, -0.05) is 6.92 Å². The van der Waals surface area contributed by atoms with Gasteiger partial charge in [0.1, 0.15) is 0 Å². The summed E-state index contributed by atoms with van der Waals surface area (Å²) >= 11 is 0. The van der Waals surface area contributed by atoms with Crippen molar-refractivity contribution in [2.45, 2.75) is 26.4 Å². The molecule has 0 heterocycles. The molecular weight excluding hydrogens is 209 g/mol. The average Bonchev–Trinajstić information content (AvgIpc) is 2.04. The van der Waals surface area contributed by atoms with E-state index < -0.39 is 13.2 Å². The molecule has 0 aliphatic rings. The summed E-state index contributed by atoms with van der Waals surface area (Å²) < 4.78 is 21.3. The van der Waals surface area contributed by atoms with E-state index in [0.29, 0.717) is 0 Å². The molecule has 0 aromatic rings. The lowest BCUT2D eigenvalue weighted by molar-refractivity contribution is -0.132. The van der Waals surface area contributed by atoms with E-state index in [4.69, 9.17) is 9.05 Å². The Hall–Kier alpha value is 0.0300. The van der Waals surface area contributed by atoms with Crippen LogP contribution in [0.2, 0.25) is 0 Å². The molecule has 14 heavy (non-hydrogen) atoms. The molecule has 0 aliphatic heterocycles. The van der Waals surface area contributed by atoms with Gasteiger partial charge in [-0.25, -0.2) is 0 Å². The van der Waals surface area contributed by atoms with Gasteiger partial charge in [0.15, 0.2) is 0 Å². The van der Waals surface area contributed by atoms with E-state index in [2.05, 4.69) is 5.32 Å². The van der Waals surface area contributed by atoms with Gasteiger partial charge >= 0.3 is 13.2 Å². The molecule has 3 N–H and O–H groups in total. The average molecular weight is 227 g/mol. The molecule has 86 valence electrons. The van der Waals surface area contributed by atoms with Gasteiger partial charge in [0.05, 0.1) is 13.2 Å². The van der Waals surface area contributed by atoms with Crippen molar-refractivity contribution in [2.24, 2.45) is 0 Å². The van der Waals surface area contributed by atoms with E-state index in [9.17, 15) is 14.8 Å². The summed E-state index contributed by atoms with van der Waals surface area (Å²) in [4.78, 5) is 0. The van der Waals surface area contributed by atoms with Crippen molar-refractivity contribution in [3.63, 3.8) is 0 Å². The molecule has 0 aliphatic carbocycles. The quantitative estimate of drug-likeness (QED) is 0.432. The van der Waals surface area contributed by atoms with E-state index in [1.165, 1.54) is 0 Å². The van der Waals surface area contributed by atoms with Gasteiger partial charge in [0.25, 0.3) is 0 Å². The van der Waals surface area contributed by atoms with Crippen LogP contribution < -0.4 is 5.32 Å². The van der Waals surface area contributed by atoms with Crippen molar-refractivity contribution < 1.29 is 23.8 Å². The summed E-state index contributed by atoms with van der Waals surface area (Å²) in [5, 5.41) is 21.1. The second kappa shape index (κ2) is 5.80. The normalized spacial score (nSPS) is 13.2. The predicted octanol–water partition coefficient (Wildman–Crippen LogP) is 0.458. The van der Waals surface area contributed by atoms with E-state index in [0.717, 1.165) is 0 Å². The first-order valence-corrected chi connectivity index (χ1v) is 6.06. The summed E-state index contributed by atoms with van der Waals surface area (Å²) in [6.45, 7) is 5.21. The molecule has 0 bridgehead atoms. The highest BCUT2D eigenvalue weighted by molar-refractivity contribution is 7.55. The minimum absolute atomic E-state index is 0.0749. The Bertz CT molecular complexity index is 198. The maximum Gasteiger partial charge on any atom is 0.405 e. The molecule has 0 spiro atoms. The first-order valence-electron chi connectivity index (χ1n) is 4.52. The van der Waals surface area contributed by atoms with Gasteiger partial charge in [0.2, 0.25) is 0 Å². The van der Waals surface area contributed by atoms with E-state index in [-0.39, 0.29) is 19.8 Å². The smallest absolute Gasteiger partial charge is 0.344 e. The van der Waals surface area contributed by atoms with Crippen molar-refractivity contribution in [1.29, 1.82) is 0 Å². The van der Waals surface area contributed by atoms with Crippen LogP contribution in [0.1, 0.15) is 20.8 Å². The second-order valence-electron chi connectivity index (χ2n) is 2.50. The van der Waals surface area contributed by atoms with Crippen LogP contribution in [0.15, 0.2) is 0 Å². The van der Waals surface area contributed by atoms with Crippen molar-refractivity contribution >= 4 is 7.60 Å². The molecule has 0 saturated heterocycles. The topological polar surface area (TPSA) is 88.0 Å². The van der Waals surface area contributed by atoms with Crippen molar-refractivity contribution in [1.82, 2.24) is 5.32 Å². The van der Waals surface area contributed by atoms with Crippen LogP contribution in [-0.2, 0) is 13.6 Å². The third kappa shape index (κ3) is 3.31. The standard InChI is InChI=1S/C7H18NO5P/c1-4-8-7(9,10)14(11,12-5-2)13-6-3/h8-10H,4-6H2,1-3H3. The van der Waals surface area contributed by atoms with Gasteiger partial charge in [-0.3, -0.25) is 9.88 Å². The van der Waals surface area contributed by atoms with Crippen LogP contribution in [0.25, 0.3) is 0 Å². The highest BCUT2D eigenvalue weighted by Gasteiger charge is 2.48. The number of rotatable bonds is 7. The van der Waals surface area contributed by atoms with Crippen molar-refractivity contribution in [3.8, 4) is 0 Å². The maximum absolute atomic E-state index is 11.8. The Balaban J connectivity index is 4.69. The summed E-state index contributed by atoms with van der Waals surface area (Å²) in [5.74, 6) is 0. The van der Waals surface area contributed by atoms with Gasteiger partial charge in [-0.2, -0.15) is 0 Å². The lowest BCUT2D eigenvalue weighted by Crippen LogP contribution is -2.45. The first-order chi connectivity index (χ1) is 6.43. The third-order valence-electron chi connectivity index (χ3n) is 1.39. The summed E-state index contributed by atoms with van der Waals surface area (Å²) in [6.07, 6.45) is 0. The molecule has 0 saturated carbocycles. The molecule has 0 unspecified atom stereocenters. The van der Waals surface area contributed by atoms with Crippen LogP contribution in [-0.4, -0.2) is 35.6 Å². The first kappa shape index (κ1) is 14.0. The molecule has 7 heteroatoms. The molecule has 0 amide bonds. The van der Waals surface area contributed by atoms with Crippen LogP contribution >= 0.6 is 7.60 Å². The van der Waals surface area contributed by atoms with E-state index >= 15 is 0 Å². The van der Waals surface area contributed by atoms with E-state index in [1.807, 2.05) is 0 Å². The summed E-state index contributed by atoms with van der Waals surface area (Å²) in [7, 11) is -3.94. The molecule has 0 fully saturated rings. The lowest BCUT2D eigenvalue weighted by Gasteiger charge is -2.29. The molecule has 0 atom stereocenters. The Morgan fingerprint density at radius 1 is 1.21 bits per heavy atom. The molecule has 0 aromatic heterocycles. The van der Waals surface area contributed by atoms with Crippen LogP contribution in [0, 0.1) is 0 Å². The number of aliphatic hydroxyl groups is 2. The minimum Gasteiger partial charge on any atom is -0.344 e. The second-order valence-corrected chi connectivity index (χ2v) is 4.63. The fourth-order valence-corrected chi connectivity index (χ4v) is 2.36. The van der Waals surface area contributed by atoms with Crippen molar-refractivity contribution in [2.75, 3.05) is 19.8 Å². The van der Waals surface area contributed by atoms with Crippen LogP contribution in [0.4, 0.5) is 0 Å². The highest BCUT2D eigenvalue weighted by atomic mass is 31.2. The van der Waals surface area contributed by atoms with Gasteiger partial charge in [-0.05, 0) is 20.4 Å². The Morgan fingerprint density at radius 2 is 1.64 bits per heavy atom. The number of hydrogen-bond acceptors (Lipinski definition) is 6. The maximum atomic E-state index is 11.8. The molecule has 0 radical (unpaired) electrons. The predicted molar refractivity (Wildman–Crippen MR) is 51.7 cm³/mol. The highest BCUT2D eigenvalue weighted by Crippen LogP contribution is 2.56. The zero-order valence-electron chi connectivity index (χ0n) is 8.69. The minimum atomic E-state index is -3.94. The zero-order valence-corrected chi connectivity index (χ0v) is 9.58. The van der Waals surface area contributed by atoms with E-state index in [1.54, 1.807) is 20.8 Å². The van der Waals surface area contributed by atoms with Gasteiger partial charge in [-0.15, -0.1) is 0 Å². The third-order valence-corrected chi connectivity index (χ3v) is 3.51. The lowest BCUT2D eigenvalue weighted by atomic mass is 10.7. The number of nitrogens with one attached hydrogen (secondary N) is 1. The summed E-state index contributed by atoms with van der Waals surface area (Å²) in [6, 6.07) is 0. The zero-order chi connectivity index (χ0) is 11.2.